The first-order valence-corrected chi connectivity index (χ1v) is 2.54. The largest absolute Gasteiger partial charge is 1.00 e. The Bertz CT molecular complexity index is 129. The molecule has 0 aromatic rings. The van der Waals surface area contributed by atoms with Crippen molar-refractivity contribution in [2.24, 2.45) is 0 Å². The molecule has 4 nitrogen and oxygen atoms in total. The fourth-order valence-corrected chi connectivity index (χ4v) is 0. The maximum Gasteiger partial charge on any atom is 1.00 e. The van der Waals surface area contributed by atoms with Gasteiger partial charge >= 0.3 is 56.0 Å². The van der Waals surface area contributed by atoms with Crippen LogP contribution in [0.4, 0.5) is 0 Å². The topological polar surface area (TPSA) is 74.3 Å². The van der Waals surface area contributed by atoms with Crippen LogP contribution in [0.3, 0.4) is 0 Å². The van der Waals surface area contributed by atoms with Crippen molar-refractivity contribution in [1.82, 2.24) is 0 Å². The molecular weight excluding hydrogens is 323 g/mol. The molecule has 0 heterocycles. The van der Waals surface area contributed by atoms with E-state index >= 15 is 0 Å². The van der Waals surface area contributed by atoms with Gasteiger partial charge in [-0.15, -0.1) is 0 Å². The molecule has 6 heavy (non-hydrogen) atoms. The summed E-state index contributed by atoms with van der Waals surface area (Å²) >= 11 is -5.62. The van der Waals surface area contributed by atoms with Gasteiger partial charge in [0, 0.05) is 0 Å². The fraction of sp³-hybridized carbons (Fsp3) is 0. The summed E-state index contributed by atoms with van der Waals surface area (Å²) in [6, 6.07) is 0. The molecule has 0 radical (unpaired) electrons. The van der Waals surface area contributed by atoms with Crippen LogP contribution in [0.15, 0.2) is 0 Å². The molecule has 0 aromatic heterocycles. The second-order valence-corrected chi connectivity index (χ2v) is 1.56. The van der Waals surface area contributed by atoms with Gasteiger partial charge in [0.05, 0.1) is 0 Å². The van der Waals surface area contributed by atoms with E-state index in [4.69, 9.17) is 15.7 Å². The molecule has 0 saturated carbocycles. The molecule has 0 aliphatic carbocycles. The van der Waals surface area contributed by atoms with Gasteiger partial charge in [0.1, 0.15) is 0 Å². The second kappa shape index (κ2) is 2.89. The maximum atomic E-state index is 8.58. The van der Waals surface area contributed by atoms with Crippen LogP contribution in [-0.4, -0.2) is 27.3 Å². The molecule has 0 amide bonds. The summed E-state index contributed by atoms with van der Waals surface area (Å²) in [5.74, 6) is 0. The fourth-order valence-electron chi connectivity index (χ4n) is 0. The van der Waals surface area contributed by atoms with Gasteiger partial charge in [0.2, 0.25) is 0 Å². The predicted octanol–water partition coefficient (Wildman–Crippen LogP) is -1.93. The average molecular weight is 323 g/mol. The monoisotopic (exact) mass is 324 g/mol. The Hall–Kier alpha value is 0.802. The van der Waals surface area contributed by atoms with Gasteiger partial charge in [-0.05, 0) is 0 Å². The van der Waals surface area contributed by atoms with Crippen molar-refractivity contribution >= 4 is 27.3 Å². The van der Waals surface area contributed by atoms with Crippen LogP contribution in [-0.2, 0) is 24.5 Å². The molecule has 0 unspecified atom stereocenters. The zero-order valence-corrected chi connectivity index (χ0v) is 8.26. The van der Waals surface area contributed by atoms with E-state index in [0.717, 1.165) is 0 Å². The molecule has 0 fully saturated rings. The summed E-state index contributed by atoms with van der Waals surface area (Å²) < 4.78 is 34.3. The molecule has 0 spiro atoms. The third kappa shape index (κ3) is 108. The SMILES string of the molecule is [O]=[Mn](=[O])(=[O])[O-].[Tl+]. The molecule has 0 rings (SSSR count). The van der Waals surface area contributed by atoms with Crippen molar-refractivity contribution < 1.29 is 28.7 Å². The molecule has 34 valence electrons. The zero-order valence-electron chi connectivity index (χ0n) is 2.59. The summed E-state index contributed by atoms with van der Waals surface area (Å²) in [7, 11) is 0. The predicted molar refractivity (Wildman–Crippen MR) is 7.81 cm³/mol. The normalized spacial score (nSPS) is 9.50. The van der Waals surface area contributed by atoms with Gasteiger partial charge in [-0.25, -0.2) is 0 Å². The van der Waals surface area contributed by atoms with Crippen molar-refractivity contribution in [2.45, 2.75) is 0 Å². The minimum atomic E-state index is -5.62. The molecule has 0 atom stereocenters. The van der Waals surface area contributed by atoms with E-state index in [0.29, 0.717) is 0 Å². The number of hydrogen-bond acceptors (Lipinski definition) is 4. The van der Waals surface area contributed by atoms with Crippen LogP contribution in [0, 0.1) is 0 Å². The molecule has 0 aliphatic heterocycles. The minimum Gasteiger partial charge on any atom is 1.00 e. The Morgan fingerprint density at radius 2 is 1.17 bits per heavy atom. The van der Waals surface area contributed by atoms with Crippen LogP contribution in [0.5, 0.6) is 0 Å². The van der Waals surface area contributed by atoms with Crippen LogP contribution in [0.1, 0.15) is 0 Å². The van der Waals surface area contributed by atoms with E-state index in [-0.39, 0.29) is 27.3 Å². The van der Waals surface area contributed by atoms with E-state index < -0.39 is 13.0 Å². The van der Waals surface area contributed by atoms with E-state index in [9.17, 15) is 0 Å². The van der Waals surface area contributed by atoms with Crippen LogP contribution in [0.25, 0.3) is 0 Å². The Morgan fingerprint density at radius 3 is 1.17 bits per heavy atom. The summed E-state index contributed by atoms with van der Waals surface area (Å²) in [4.78, 5) is 0. The minimum absolute atomic E-state index is 0. The Labute approximate surface area is 55.9 Å². The maximum absolute atomic E-state index is 8.58. The van der Waals surface area contributed by atoms with Gasteiger partial charge in [-0.3, -0.25) is 0 Å². The van der Waals surface area contributed by atoms with E-state index in [1.807, 2.05) is 0 Å². The Balaban J connectivity index is 0. The van der Waals surface area contributed by atoms with Crippen molar-refractivity contribution in [2.75, 3.05) is 0 Å². The number of rotatable bonds is 0. The molecule has 6 heteroatoms. The van der Waals surface area contributed by atoms with Gasteiger partial charge in [0.15, 0.2) is 0 Å². The molecule has 0 bridgehead atoms. The molecule has 0 aliphatic rings. The standard InChI is InChI=1S/Mn.4O.Tl/q;;;;-1;+1. The van der Waals surface area contributed by atoms with Gasteiger partial charge < -0.3 is 0 Å². The van der Waals surface area contributed by atoms with E-state index in [1.54, 1.807) is 0 Å². The van der Waals surface area contributed by atoms with E-state index in [1.165, 1.54) is 0 Å². The molecule has 0 N–H and O–H groups in total. The average Bonchev–Trinajstić information content (AvgIpc) is 0.722. The Kier molecular flexibility index (Phi) is 4.78. The van der Waals surface area contributed by atoms with Crippen molar-refractivity contribution in [1.29, 1.82) is 0 Å². The van der Waals surface area contributed by atoms with E-state index in [2.05, 4.69) is 0 Å². The Morgan fingerprint density at radius 1 is 1.17 bits per heavy atom. The first-order chi connectivity index (χ1) is 2.00. The van der Waals surface area contributed by atoms with Gasteiger partial charge in [-0.2, -0.15) is 0 Å². The third-order valence-electron chi connectivity index (χ3n) is 0. The van der Waals surface area contributed by atoms with Crippen LogP contribution in [0.2, 0.25) is 0 Å². The number of hydrogen-bond donors (Lipinski definition) is 0. The summed E-state index contributed by atoms with van der Waals surface area (Å²) in [5.41, 5.74) is 0. The third-order valence-corrected chi connectivity index (χ3v) is 0. The molecular formula is MnO4Tl. The van der Waals surface area contributed by atoms with Gasteiger partial charge in [-0.1, -0.05) is 0 Å². The van der Waals surface area contributed by atoms with Crippen molar-refractivity contribution in [3.8, 4) is 0 Å². The van der Waals surface area contributed by atoms with Crippen molar-refractivity contribution in [3.63, 3.8) is 0 Å². The van der Waals surface area contributed by atoms with Gasteiger partial charge in [0.25, 0.3) is 0 Å². The van der Waals surface area contributed by atoms with Crippen molar-refractivity contribution in [3.05, 3.63) is 0 Å². The molecule has 0 aromatic carbocycles. The first-order valence-electron chi connectivity index (χ1n) is 0.617. The summed E-state index contributed by atoms with van der Waals surface area (Å²) in [6.45, 7) is 0. The summed E-state index contributed by atoms with van der Waals surface area (Å²) in [6.07, 6.45) is 0. The second-order valence-electron chi connectivity index (χ2n) is 0.378. The first kappa shape index (κ1) is 9.93. The van der Waals surface area contributed by atoms with Crippen LogP contribution < -0.4 is 4.19 Å². The zero-order chi connectivity index (χ0) is 4.50. The smallest absolute Gasteiger partial charge is 1.00 e. The summed E-state index contributed by atoms with van der Waals surface area (Å²) in [5, 5.41) is 0. The van der Waals surface area contributed by atoms with Crippen LogP contribution >= 0.6 is 0 Å². The molecule has 0 saturated heterocycles. The quantitative estimate of drug-likeness (QED) is 0.487.